The van der Waals surface area contributed by atoms with E-state index in [1.54, 1.807) is 24.3 Å². The van der Waals surface area contributed by atoms with E-state index in [0.29, 0.717) is 13.0 Å². The van der Waals surface area contributed by atoms with Crippen molar-refractivity contribution in [3.8, 4) is 0 Å². The quantitative estimate of drug-likeness (QED) is 0.572. The first-order chi connectivity index (χ1) is 12.8. The summed E-state index contributed by atoms with van der Waals surface area (Å²) in [6, 6.07) is 5.84. The predicted octanol–water partition coefficient (Wildman–Crippen LogP) is 0.709. The zero-order chi connectivity index (χ0) is 19.9. The van der Waals surface area contributed by atoms with Gasteiger partial charge in [0.05, 0.1) is 4.90 Å². The number of carbonyl (C=O) groups is 1. The third kappa shape index (κ3) is 7.21. The number of aryl methyl sites for hydroxylation is 1. The van der Waals surface area contributed by atoms with Crippen LogP contribution in [-0.4, -0.2) is 64.5 Å². The predicted molar refractivity (Wildman–Crippen MR) is 107 cm³/mol. The van der Waals surface area contributed by atoms with Crippen molar-refractivity contribution in [1.29, 1.82) is 0 Å². The number of hydrogen-bond acceptors (Lipinski definition) is 5. The Morgan fingerprint density at radius 2 is 1.81 bits per heavy atom. The molecule has 0 radical (unpaired) electrons. The Morgan fingerprint density at radius 3 is 2.41 bits per heavy atom. The summed E-state index contributed by atoms with van der Waals surface area (Å²) in [5.41, 5.74) is 0.985. The highest BCUT2D eigenvalue weighted by molar-refractivity contribution is 7.89. The number of rotatable bonds is 9. The van der Waals surface area contributed by atoms with E-state index in [1.807, 2.05) is 20.8 Å². The van der Waals surface area contributed by atoms with Gasteiger partial charge in [-0.2, -0.15) is 4.72 Å². The lowest BCUT2D eigenvalue weighted by Crippen LogP contribution is -2.50. The zero-order valence-corrected chi connectivity index (χ0v) is 17.3. The molecule has 1 fully saturated rings. The Balaban J connectivity index is 1.96. The van der Waals surface area contributed by atoms with E-state index in [4.69, 9.17) is 0 Å². The van der Waals surface area contributed by atoms with Gasteiger partial charge in [0, 0.05) is 39.3 Å². The van der Waals surface area contributed by atoms with Crippen LogP contribution in [0.1, 0.15) is 25.8 Å². The Hall–Kier alpha value is -1.48. The molecule has 1 aromatic carbocycles. The standard InChI is InChI=1S/C19H32N4O3S/c1-15(2)14-18(19(24)21-10-13-23-11-8-20-9-12-23)22-27(25,26)17-6-4-16(3)5-7-17/h4-7,15,18,20,22H,8-14H2,1-3H3,(H,21,24). The summed E-state index contributed by atoms with van der Waals surface area (Å²) in [5.74, 6) is -0.0795. The second-order valence-corrected chi connectivity index (χ2v) is 9.21. The second-order valence-electron chi connectivity index (χ2n) is 7.50. The molecular formula is C19H32N4O3S. The molecule has 1 amide bonds. The number of amides is 1. The van der Waals surface area contributed by atoms with Crippen molar-refractivity contribution < 1.29 is 13.2 Å². The van der Waals surface area contributed by atoms with Crippen molar-refractivity contribution in [1.82, 2.24) is 20.3 Å². The van der Waals surface area contributed by atoms with E-state index in [0.717, 1.165) is 38.3 Å². The molecule has 0 aromatic heterocycles. The zero-order valence-electron chi connectivity index (χ0n) is 16.5. The summed E-state index contributed by atoms with van der Waals surface area (Å²) >= 11 is 0. The van der Waals surface area contributed by atoms with Gasteiger partial charge in [-0.25, -0.2) is 8.42 Å². The molecule has 27 heavy (non-hydrogen) atoms. The molecule has 1 aliphatic rings. The highest BCUT2D eigenvalue weighted by Crippen LogP contribution is 2.13. The average Bonchev–Trinajstić information content (AvgIpc) is 2.62. The number of benzene rings is 1. The van der Waals surface area contributed by atoms with Gasteiger partial charge in [0.1, 0.15) is 6.04 Å². The van der Waals surface area contributed by atoms with Crippen LogP contribution in [0.5, 0.6) is 0 Å². The highest BCUT2D eigenvalue weighted by atomic mass is 32.2. The molecular weight excluding hydrogens is 364 g/mol. The van der Waals surface area contributed by atoms with Crippen molar-refractivity contribution in [2.45, 2.75) is 38.1 Å². The van der Waals surface area contributed by atoms with Crippen LogP contribution in [0.4, 0.5) is 0 Å². The molecule has 3 N–H and O–H groups in total. The third-order valence-electron chi connectivity index (χ3n) is 4.59. The maximum Gasteiger partial charge on any atom is 0.241 e. The first-order valence-electron chi connectivity index (χ1n) is 9.57. The van der Waals surface area contributed by atoms with Crippen molar-refractivity contribution in [2.24, 2.45) is 5.92 Å². The molecule has 7 nitrogen and oxygen atoms in total. The van der Waals surface area contributed by atoms with Gasteiger partial charge in [0.25, 0.3) is 0 Å². The molecule has 8 heteroatoms. The minimum Gasteiger partial charge on any atom is -0.353 e. The second kappa shape index (κ2) is 10.2. The molecule has 1 aromatic rings. The van der Waals surface area contributed by atoms with Crippen LogP contribution in [0.25, 0.3) is 0 Å². The van der Waals surface area contributed by atoms with Crippen LogP contribution in [-0.2, 0) is 14.8 Å². The highest BCUT2D eigenvalue weighted by Gasteiger charge is 2.26. The molecule has 1 heterocycles. The van der Waals surface area contributed by atoms with Gasteiger partial charge < -0.3 is 10.6 Å². The number of nitrogens with one attached hydrogen (secondary N) is 3. The van der Waals surface area contributed by atoms with Crippen molar-refractivity contribution in [3.05, 3.63) is 29.8 Å². The topological polar surface area (TPSA) is 90.5 Å². The van der Waals surface area contributed by atoms with Crippen LogP contribution < -0.4 is 15.4 Å². The summed E-state index contributed by atoms with van der Waals surface area (Å²) in [7, 11) is -3.74. The van der Waals surface area contributed by atoms with E-state index < -0.39 is 16.1 Å². The molecule has 152 valence electrons. The van der Waals surface area contributed by atoms with Crippen LogP contribution >= 0.6 is 0 Å². The number of nitrogens with zero attached hydrogens (tertiary/aromatic N) is 1. The Kier molecular flexibility index (Phi) is 8.22. The minimum atomic E-state index is -3.74. The lowest BCUT2D eigenvalue weighted by Gasteiger charge is -2.27. The van der Waals surface area contributed by atoms with Crippen LogP contribution in [0.2, 0.25) is 0 Å². The van der Waals surface area contributed by atoms with Crippen LogP contribution in [0, 0.1) is 12.8 Å². The van der Waals surface area contributed by atoms with E-state index in [-0.39, 0.29) is 16.7 Å². The van der Waals surface area contributed by atoms with Crippen molar-refractivity contribution in [3.63, 3.8) is 0 Å². The average molecular weight is 397 g/mol. The number of carbonyl (C=O) groups excluding carboxylic acids is 1. The fourth-order valence-corrected chi connectivity index (χ4v) is 4.26. The minimum absolute atomic E-state index is 0.176. The molecule has 1 unspecified atom stereocenters. The van der Waals surface area contributed by atoms with E-state index in [2.05, 4.69) is 20.3 Å². The largest absolute Gasteiger partial charge is 0.353 e. The Morgan fingerprint density at radius 1 is 1.19 bits per heavy atom. The molecule has 1 atom stereocenters. The maximum atomic E-state index is 12.7. The summed E-state index contributed by atoms with van der Waals surface area (Å²) in [4.78, 5) is 15.1. The van der Waals surface area contributed by atoms with Crippen molar-refractivity contribution >= 4 is 15.9 Å². The molecule has 1 aliphatic heterocycles. The van der Waals surface area contributed by atoms with Gasteiger partial charge in [-0.3, -0.25) is 9.69 Å². The van der Waals surface area contributed by atoms with Gasteiger partial charge in [-0.15, -0.1) is 0 Å². The smallest absolute Gasteiger partial charge is 0.241 e. The summed E-state index contributed by atoms with van der Waals surface area (Å²) < 4.78 is 27.9. The monoisotopic (exact) mass is 396 g/mol. The molecule has 0 saturated carbocycles. The van der Waals surface area contributed by atoms with E-state index in [1.165, 1.54) is 0 Å². The van der Waals surface area contributed by atoms with Gasteiger partial charge in [-0.05, 0) is 31.4 Å². The van der Waals surface area contributed by atoms with Gasteiger partial charge in [0.2, 0.25) is 15.9 Å². The van der Waals surface area contributed by atoms with Crippen molar-refractivity contribution in [2.75, 3.05) is 39.3 Å². The maximum absolute atomic E-state index is 12.7. The molecule has 2 rings (SSSR count). The first-order valence-corrected chi connectivity index (χ1v) is 11.1. The molecule has 0 spiro atoms. The lowest BCUT2D eigenvalue weighted by molar-refractivity contribution is -0.123. The van der Waals surface area contributed by atoms with E-state index in [9.17, 15) is 13.2 Å². The SMILES string of the molecule is Cc1ccc(S(=O)(=O)NC(CC(C)C)C(=O)NCCN2CCNCC2)cc1. The van der Waals surface area contributed by atoms with Crippen LogP contribution in [0.3, 0.4) is 0 Å². The van der Waals surface area contributed by atoms with Gasteiger partial charge in [0.15, 0.2) is 0 Å². The fourth-order valence-electron chi connectivity index (χ4n) is 3.05. The molecule has 0 bridgehead atoms. The van der Waals surface area contributed by atoms with Gasteiger partial charge >= 0.3 is 0 Å². The number of sulfonamides is 1. The normalized spacial score (nSPS) is 17.0. The molecule has 1 saturated heterocycles. The third-order valence-corrected chi connectivity index (χ3v) is 6.08. The summed E-state index contributed by atoms with van der Waals surface area (Å²) in [6.45, 7) is 11.0. The Bertz CT molecular complexity index is 698. The lowest BCUT2D eigenvalue weighted by atomic mass is 10.0. The Labute approximate surface area is 163 Å². The molecule has 0 aliphatic carbocycles. The first kappa shape index (κ1) is 21.8. The van der Waals surface area contributed by atoms with Gasteiger partial charge in [-0.1, -0.05) is 31.5 Å². The number of hydrogen-bond donors (Lipinski definition) is 3. The number of piperazine rings is 1. The fraction of sp³-hybridized carbons (Fsp3) is 0.632. The van der Waals surface area contributed by atoms with E-state index >= 15 is 0 Å². The summed E-state index contributed by atoms with van der Waals surface area (Å²) in [6.07, 6.45) is 0.449. The summed E-state index contributed by atoms with van der Waals surface area (Å²) in [5, 5.41) is 6.18. The van der Waals surface area contributed by atoms with Crippen LogP contribution in [0.15, 0.2) is 29.2 Å².